The summed E-state index contributed by atoms with van der Waals surface area (Å²) in [5.41, 5.74) is 1.68. The number of fused-ring (bicyclic) bond motifs is 1. The lowest BCUT2D eigenvalue weighted by atomic mass is 9.93. The molecule has 2 N–H and O–H groups in total. The number of hydrogen-bond acceptors (Lipinski definition) is 6. The van der Waals surface area contributed by atoms with Crippen molar-refractivity contribution < 1.29 is 23.1 Å². The van der Waals surface area contributed by atoms with Gasteiger partial charge in [-0.1, -0.05) is 29.8 Å². The van der Waals surface area contributed by atoms with Gasteiger partial charge in [-0.25, -0.2) is 8.42 Å². The molecular weight excluding hydrogens is 454 g/mol. The molecule has 10 heteroatoms. The predicted molar refractivity (Wildman–Crippen MR) is 119 cm³/mol. The summed E-state index contributed by atoms with van der Waals surface area (Å²) >= 11 is 6.28. The quantitative estimate of drug-likeness (QED) is 0.509. The standard InChI is InChI=1S/C22H22ClN3O5S/c23-18-11-16(9-10-21(18)31-15-5-2-1-3-6-15)32(29,30)14-24-19-7-4-8-20-17(19)12-25-26(20)13-22(27)28/h1-3,5-6,9-12,19,24H,4,7-8,13-14H2,(H,27,28)/t19-/m1/s1. The molecule has 0 saturated heterocycles. The number of aromatic nitrogens is 2. The fraction of sp³-hybridized carbons (Fsp3) is 0.273. The molecule has 0 radical (unpaired) electrons. The van der Waals surface area contributed by atoms with E-state index in [0.717, 1.165) is 24.1 Å². The van der Waals surface area contributed by atoms with Crippen LogP contribution in [0, 0.1) is 0 Å². The first-order valence-corrected chi connectivity index (χ1v) is 12.1. The highest BCUT2D eigenvalue weighted by molar-refractivity contribution is 7.91. The number of sulfone groups is 1. The summed E-state index contributed by atoms with van der Waals surface area (Å²) in [5, 5.41) is 16.5. The third-order valence-electron chi connectivity index (χ3n) is 5.30. The molecule has 2 aromatic carbocycles. The zero-order valence-corrected chi connectivity index (χ0v) is 18.6. The second-order valence-electron chi connectivity index (χ2n) is 7.51. The van der Waals surface area contributed by atoms with Gasteiger partial charge in [-0.15, -0.1) is 0 Å². The van der Waals surface area contributed by atoms with E-state index in [9.17, 15) is 13.2 Å². The van der Waals surface area contributed by atoms with Gasteiger partial charge in [0.25, 0.3) is 0 Å². The monoisotopic (exact) mass is 475 g/mol. The van der Waals surface area contributed by atoms with Crippen LogP contribution in [0.15, 0.2) is 59.6 Å². The number of hydrogen-bond donors (Lipinski definition) is 2. The number of ether oxygens (including phenoxy) is 1. The molecule has 0 spiro atoms. The van der Waals surface area contributed by atoms with Crippen molar-refractivity contribution in [3.05, 3.63) is 71.0 Å². The SMILES string of the molecule is O=C(O)Cn1ncc2c1CCC[C@H]2NCS(=O)(=O)c1ccc(Oc2ccccc2)c(Cl)c1. The second kappa shape index (κ2) is 9.32. The van der Waals surface area contributed by atoms with Gasteiger partial charge in [0.15, 0.2) is 9.84 Å². The number of nitrogens with one attached hydrogen (secondary N) is 1. The molecule has 0 amide bonds. The molecule has 0 bridgehead atoms. The lowest BCUT2D eigenvalue weighted by molar-refractivity contribution is -0.137. The average molecular weight is 476 g/mol. The smallest absolute Gasteiger partial charge is 0.325 e. The first kappa shape index (κ1) is 22.3. The Hall–Kier alpha value is -2.88. The summed E-state index contributed by atoms with van der Waals surface area (Å²) in [6, 6.07) is 13.3. The Balaban J connectivity index is 1.46. The number of carboxylic acid groups (broad SMARTS) is 1. The highest BCUT2D eigenvalue weighted by Gasteiger charge is 2.26. The minimum Gasteiger partial charge on any atom is -0.480 e. The maximum atomic E-state index is 12.9. The molecule has 1 aromatic heterocycles. The fourth-order valence-corrected chi connectivity index (χ4v) is 5.21. The van der Waals surface area contributed by atoms with Crippen LogP contribution in [-0.2, 0) is 27.6 Å². The van der Waals surface area contributed by atoms with Crippen molar-refractivity contribution in [3.63, 3.8) is 0 Å². The maximum Gasteiger partial charge on any atom is 0.325 e. The third kappa shape index (κ3) is 4.95. The molecule has 0 unspecified atom stereocenters. The Morgan fingerprint density at radius 2 is 2.03 bits per heavy atom. The van der Waals surface area contributed by atoms with Crippen molar-refractivity contribution in [1.82, 2.24) is 15.1 Å². The Morgan fingerprint density at radius 3 is 2.75 bits per heavy atom. The second-order valence-corrected chi connectivity index (χ2v) is 9.91. The highest BCUT2D eigenvalue weighted by Crippen LogP contribution is 2.33. The van der Waals surface area contributed by atoms with E-state index >= 15 is 0 Å². The van der Waals surface area contributed by atoms with Gasteiger partial charge in [0.05, 0.1) is 16.1 Å². The minimum atomic E-state index is -3.66. The summed E-state index contributed by atoms with van der Waals surface area (Å²) in [6.45, 7) is -0.212. The van der Waals surface area contributed by atoms with Gasteiger partial charge in [-0.3, -0.25) is 14.8 Å². The average Bonchev–Trinajstić information content (AvgIpc) is 3.17. The van der Waals surface area contributed by atoms with Crippen molar-refractivity contribution in [2.24, 2.45) is 0 Å². The summed E-state index contributed by atoms with van der Waals surface area (Å²) in [7, 11) is -3.66. The van der Waals surface area contributed by atoms with Crippen molar-refractivity contribution in [3.8, 4) is 11.5 Å². The van der Waals surface area contributed by atoms with Crippen molar-refractivity contribution in [2.45, 2.75) is 36.7 Å². The number of nitrogens with zero attached hydrogens (tertiary/aromatic N) is 2. The zero-order valence-electron chi connectivity index (χ0n) is 17.1. The van der Waals surface area contributed by atoms with Crippen molar-refractivity contribution in [1.29, 1.82) is 0 Å². The number of carbonyl (C=O) groups is 1. The third-order valence-corrected chi connectivity index (χ3v) is 7.12. The maximum absolute atomic E-state index is 12.9. The Kier molecular flexibility index (Phi) is 6.50. The molecule has 0 aliphatic heterocycles. The van der Waals surface area contributed by atoms with Crippen LogP contribution < -0.4 is 10.1 Å². The molecule has 8 nitrogen and oxygen atoms in total. The van der Waals surface area contributed by atoms with E-state index < -0.39 is 15.8 Å². The van der Waals surface area contributed by atoms with Gasteiger partial charge in [-0.2, -0.15) is 5.10 Å². The van der Waals surface area contributed by atoms with Gasteiger partial charge in [-0.05, 0) is 49.6 Å². The molecule has 4 rings (SSSR count). The number of benzene rings is 2. The largest absolute Gasteiger partial charge is 0.480 e. The summed E-state index contributed by atoms with van der Waals surface area (Å²) in [4.78, 5) is 11.1. The van der Waals surface area contributed by atoms with E-state index in [2.05, 4.69) is 10.4 Å². The number of para-hydroxylation sites is 1. The van der Waals surface area contributed by atoms with Crippen molar-refractivity contribution in [2.75, 3.05) is 5.88 Å². The van der Waals surface area contributed by atoms with E-state index in [4.69, 9.17) is 21.4 Å². The lowest BCUT2D eigenvalue weighted by Gasteiger charge is -2.24. The van der Waals surface area contributed by atoms with E-state index in [1.165, 1.54) is 22.9 Å². The van der Waals surface area contributed by atoms with E-state index in [-0.39, 0.29) is 28.4 Å². The fourth-order valence-electron chi connectivity index (χ4n) is 3.76. The van der Waals surface area contributed by atoms with Gasteiger partial charge in [0.1, 0.15) is 23.9 Å². The molecule has 32 heavy (non-hydrogen) atoms. The topological polar surface area (TPSA) is 111 Å². The first-order valence-electron chi connectivity index (χ1n) is 10.1. The first-order chi connectivity index (χ1) is 15.3. The van der Waals surface area contributed by atoms with Gasteiger partial charge in [0, 0.05) is 17.3 Å². The molecule has 1 aliphatic carbocycles. The molecule has 168 valence electrons. The number of aliphatic carboxylic acids is 1. The molecule has 0 saturated carbocycles. The number of rotatable bonds is 8. The summed E-state index contributed by atoms with van der Waals surface area (Å²) in [5.74, 6) is -0.280. The van der Waals surface area contributed by atoms with Crippen LogP contribution in [0.1, 0.15) is 30.1 Å². The highest BCUT2D eigenvalue weighted by atomic mass is 35.5. The Bertz CT molecular complexity index is 1230. The Labute approximate surface area is 190 Å². The molecule has 3 aromatic rings. The van der Waals surface area contributed by atoms with E-state index in [0.29, 0.717) is 17.9 Å². The molecule has 1 atom stereocenters. The molecule has 0 fully saturated rings. The molecule has 1 aliphatic rings. The minimum absolute atomic E-state index is 0.0908. The van der Waals surface area contributed by atoms with Gasteiger partial charge < -0.3 is 9.84 Å². The van der Waals surface area contributed by atoms with Crippen LogP contribution in [0.5, 0.6) is 11.5 Å². The molecular formula is C22H22ClN3O5S. The number of carboxylic acids is 1. The van der Waals surface area contributed by atoms with Gasteiger partial charge in [0.2, 0.25) is 0 Å². The van der Waals surface area contributed by atoms with Crippen LogP contribution in [0.25, 0.3) is 0 Å². The molecule has 1 heterocycles. The normalized spacial score (nSPS) is 15.8. The lowest BCUT2D eigenvalue weighted by Crippen LogP contribution is -2.30. The van der Waals surface area contributed by atoms with E-state index in [1.807, 2.05) is 18.2 Å². The van der Waals surface area contributed by atoms with Crippen molar-refractivity contribution >= 4 is 27.4 Å². The van der Waals surface area contributed by atoms with Crippen LogP contribution in [0.3, 0.4) is 0 Å². The predicted octanol–water partition coefficient (Wildman–Crippen LogP) is 3.81. The van der Waals surface area contributed by atoms with Crippen LogP contribution in [-0.4, -0.2) is 35.2 Å². The van der Waals surface area contributed by atoms with E-state index in [1.54, 1.807) is 18.3 Å². The van der Waals surface area contributed by atoms with Crippen LogP contribution in [0.4, 0.5) is 0 Å². The zero-order chi connectivity index (χ0) is 22.7. The van der Waals surface area contributed by atoms with Crippen LogP contribution in [0.2, 0.25) is 5.02 Å². The van der Waals surface area contributed by atoms with Gasteiger partial charge >= 0.3 is 5.97 Å². The Morgan fingerprint density at radius 1 is 1.25 bits per heavy atom. The number of halogens is 1. The van der Waals surface area contributed by atoms with Crippen LogP contribution >= 0.6 is 11.6 Å². The summed E-state index contributed by atoms with van der Waals surface area (Å²) in [6.07, 6.45) is 3.89. The summed E-state index contributed by atoms with van der Waals surface area (Å²) < 4.78 is 33.0.